The van der Waals surface area contributed by atoms with Crippen LogP contribution in [0.25, 0.3) is 0 Å². The predicted molar refractivity (Wildman–Crippen MR) is 87.6 cm³/mol. The fourth-order valence-corrected chi connectivity index (χ4v) is 3.16. The zero-order valence-electron chi connectivity index (χ0n) is 13.1. The van der Waals surface area contributed by atoms with E-state index in [1.54, 1.807) is 31.2 Å². The Kier molecular flexibility index (Phi) is 5.02. The fraction of sp³-hybridized carbons (Fsp3) is 0.188. The SMILES string of the molecule is CONC(=O)c1cc(S(=O)(=O)Nc2cccc(C)c2)ccc1C. The highest BCUT2D eigenvalue weighted by Gasteiger charge is 2.18. The summed E-state index contributed by atoms with van der Waals surface area (Å²) in [5.74, 6) is -0.502. The van der Waals surface area contributed by atoms with E-state index in [1.807, 2.05) is 13.0 Å². The molecule has 0 aliphatic carbocycles. The number of nitrogens with one attached hydrogen (secondary N) is 2. The summed E-state index contributed by atoms with van der Waals surface area (Å²) in [6.07, 6.45) is 0. The van der Waals surface area contributed by atoms with Crippen LogP contribution in [0.5, 0.6) is 0 Å². The molecule has 2 N–H and O–H groups in total. The van der Waals surface area contributed by atoms with Gasteiger partial charge in [0.1, 0.15) is 0 Å². The number of anilines is 1. The zero-order valence-corrected chi connectivity index (χ0v) is 13.9. The Morgan fingerprint density at radius 3 is 2.48 bits per heavy atom. The summed E-state index contributed by atoms with van der Waals surface area (Å²) < 4.78 is 27.5. The fourth-order valence-electron chi connectivity index (χ4n) is 2.08. The molecule has 2 aromatic rings. The molecular formula is C16H18N2O4S. The summed E-state index contributed by atoms with van der Waals surface area (Å²) in [6.45, 7) is 3.59. The highest BCUT2D eigenvalue weighted by atomic mass is 32.2. The van der Waals surface area contributed by atoms with Crippen LogP contribution in [0.2, 0.25) is 0 Å². The molecule has 0 spiro atoms. The smallest absolute Gasteiger partial charge is 0.275 e. The molecule has 0 atom stereocenters. The number of hydrogen-bond acceptors (Lipinski definition) is 4. The van der Waals surface area contributed by atoms with E-state index in [0.29, 0.717) is 11.3 Å². The number of carbonyl (C=O) groups is 1. The minimum absolute atomic E-state index is 0.00543. The monoisotopic (exact) mass is 334 g/mol. The summed E-state index contributed by atoms with van der Waals surface area (Å²) in [7, 11) is -2.48. The van der Waals surface area contributed by atoms with Gasteiger partial charge in [-0.25, -0.2) is 13.9 Å². The summed E-state index contributed by atoms with van der Waals surface area (Å²) in [5.41, 5.74) is 4.47. The van der Waals surface area contributed by atoms with Crippen molar-refractivity contribution in [2.75, 3.05) is 11.8 Å². The molecular weight excluding hydrogens is 316 g/mol. The first-order valence-corrected chi connectivity index (χ1v) is 8.35. The molecule has 2 rings (SSSR count). The Labute approximate surface area is 135 Å². The predicted octanol–water partition coefficient (Wildman–Crippen LogP) is 2.40. The number of rotatable bonds is 5. The quantitative estimate of drug-likeness (QED) is 0.822. The lowest BCUT2D eigenvalue weighted by Gasteiger charge is -2.11. The molecule has 1 amide bonds. The number of aryl methyl sites for hydroxylation is 2. The Bertz CT molecular complexity index is 832. The first kappa shape index (κ1) is 17.0. The van der Waals surface area contributed by atoms with Crippen LogP contribution in [-0.2, 0) is 14.9 Å². The van der Waals surface area contributed by atoms with Crippen LogP contribution in [0.3, 0.4) is 0 Å². The molecule has 0 heterocycles. The lowest BCUT2D eigenvalue weighted by molar-refractivity contribution is 0.0537. The molecule has 7 heteroatoms. The molecule has 0 bridgehead atoms. The van der Waals surface area contributed by atoms with Gasteiger partial charge in [0.25, 0.3) is 15.9 Å². The van der Waals surface area contributed by atoms with Crippen LogP contribution < -0.4 is 10.2 Å². The second-order valence-corrected chi connectivity index (χ2v) is 6.77. The highest BCUT2D eigenvalue weighted by molar-refractivity contribution is 7.92. The lowest BCUT2D eigenvalue weighted by Crippen LogP contribution is -2.23. The Balaban J connectivity index is 2.36. The van der Waals surface area contributed by atoms with Crippen LogP contribution in [-0.4, -0.2) is 21.4 Å². The van der Waals surface area contributed by atoms with E-state index in [0.717, 1.165) is 5.56 Å². The van der Waals surface area contributed by atoms with Gasteiger partial charge in [0.2, 0.25) is 0 Å². The van der Waals surface area contributed by atoms with E-state index < -0.39 is 15.9 Å². The van der Waals surface area contributed by atoms with E-state index in [2.05, 4.69) is 15.0 Å². The lowest BCUT2D eigenvalue weighted by atomic mass is 10.1. The summed E-state index contributed by atoms with van der Waals surface area (Å²) in [5, 5.41) is 0. The maximum Gasteiger partial charge on any atom is 0.275 e. The largest absolute Gasteiger partial charge is 0.280 e. The van der Waals surface area contributed by atoms with E-state index in [-0.39, 0.29) is 10.5 Å². The average Bonchev–Trinajstić information content (AvgIpc) is 2.47. The molecule has 2 aromatic carbocycles. The minimum Gasteiger partial charge on any atom is -0.280 e. The van der Waals surface area contributed by atoms with Crippen molar-refractivity contribution in [1.82, 2.24) is 5.48 Å². The summed E-state index contributed by atoms with van der Waals surface area (Å²) >= 11 is 0. The van der Waals surface area contributed by atoms with Crippen molar-refractivity contribution in [2.24, 2.45) is 0 Å². The molecule has 0 fully saturated rings. The Hall–Kier alpha value is -2.38. The van der Waals surface area contributed by atoms with E-state index >= 15 is 0 Å². The van der Waals surface area contributed by atoms with Crippen molar-refractivity contribution < 1.29 is 18.0 Å². The molecule has 0 saturated carbocycles. The normalized spacial score (nSPS) is 11.1. The molecule has 0 unspecified atom stereocenters. The van der Waals surface area contributed by atoms with Crippen LogP contribution in [0, 0.1) is 13.8 Å². The summed E-state index contributed by atoms with van der Waals surface area (Å²) in [6, 6.07) is 11.4. The maximum atomic E-state index is 12.5. The van der Waals surface area contributed by atoms with Crippen LogP contribution in [0.1, 0.15) is 21.5 Å². The molecule has 122 valence electrons. The molecule has 0 radical (unpaired) electrons. The first-order valence-electron chi connectivity index (χ1n) is 6.87. The van der Waals surface area contributed by atoms with E-state index in [9.17, 15) is 13.2 Å². The van der Waals surface area contributed by atoms with Crippen molar-refractivity contribution in [1.29, 1.82) is 0 Å². The van der Waals surface area contributed by atoms with Crippen molar-refractivity contribution in [3.8, 4) is 0 Å². The number of carbonyl (C=O) groups excluding carboxylic acids is 1. The van der Waals surface area contributed by atoms with E-state index in [4.69, 9.17) is 0 Å². The number of hydrogen-bond donors (Lipinski definition) is 2. The summed E-state index contributed by atoms with van der Waals surface area (Å²) in [4.78, 5) is 16.5. The molecule has 0 saturated heterocycles. The third-order valence-electron chi connectivity index (χ3n) is 3.23. The minimum atomic E-state index is -3.79. The number of sulfonamides is 1. The van der Waals surface area contributed by atoms with Gasteiger partial charge in [-0.05, 0) is 49.2 Å². The van der Waals surface area contributed by atoms with Gasteiger partial charge < -0.3 is 0 Å². The average molecular weight is 334 g/mol. The van der Waals surface area contributed by atoms with Gasteiger partial charge in [-0.15, -0.1) is 0 Å². The van der Waals surface area contributed by atoms with Crippen LogP contribution in [0.4, 0.5) is 5.69 Å². The Morgan fingerprint density at radius 2 is 1.83 bits per heavy atom. The van der Waals surface area contributed by atoms with Gasteiger partial charge in [-0.3, -0.25) is 14.4 Å². The zero-order chi connectivity index (χ0) is 17.0. The highest BCUT2D eigenvalue weighted by Crippen LogP contribution is 2.20. The van der Waals surface area contributed by atoms with Gasteiger partial charge in [-0.1, -0.05) is 18.2 Å². The number of hydroxylamine groups is 1. The maximum absolute atomic E-state index is 12.5. The molecule has 0 aliphatic heterocycles. The van der Waals surface area contributed by atoms with Crippen molar-refractivity contribution in [2.45, 2.75) is 18.7 Å². The molecule has 0 aliphatic rings. The first-order chi connectivity index (χ1) is 10.8. The van der Waals surface area contributed by atoms with Crippen molar-refractivity contribution >= 4 is 21.6 Å². The number of amides is 1. The van der Waals surface area contributed by atoms with Gasteiger partial charge in [0.05, 0.1) is 12.0 Å². The van der Waals surface area contributed by atoms with Gasteiger partial charge in [-0.2, -0.15) is 0 Å². The molecule has 6 nitrogen and oxygen atoms in total. The van der Waals surface area contributed by atoms with Gasteiger partial charge in [0.15, 0.2) is 0 Å². The molecule has 23 heavy (non-hydrogen) atoms. The molecule has 0 aromatic heterocycles. The van der Waals surface area contributed by atoms with Gasteiger partial charge >= 0.3 is 0 Å². The second-order valence-electron chi connectivity index (χ2n) is 5.09. The third-order valence-corrected chi connectivity index (χ3v) is 4.61. The van der Waals surface area contributed by atoms with Crippen LogP contribution >= 0.6 is 0 Å². The number of benzene rings is 2. The second kappa shape index (κ2) is 6.80. The van der Waals surface area contributed by atoms with E-state index in [1.165, 1.54) is 19.2 Å². The topological polar surface area (TPSA) is 84.5 Å². The standard InChI is InChI=1S/C16H18N2O4S/c1-11-5-4-6-13(9-11)18-23(20,21)14-8-7-12(2)15(10-14)16(19)17-22-3/h4-10,18H,1-3H3,(H,17,19). The van der Waals surface area contributed by atoms with Crippen molar-refractivity contribution in [3.05, 3.63) is 59.2 Å². The van der Waals surface area contributed by atoms with Crippen LogP contribution in [0.15, 0.2) is 47.4 Å². The van der Waals surface area contributed by atoms with Gasteiger partial charge in [0, 0.05) is 11.3 Å². The third kappa shape index (κ3) is 4.08. The Morgan fingerprint density at radius 1 is 1.09 bits per heavy atom. The van der Waals surface area contributed by atoms with Crippen molar-refractivity contribution in [3.63, 3.8) is 0 Å².